The maximum Gasteiger partial charge on any atom is 0.253 e. The maximum absolute atomic E-state index is 12.0. The summed E-state index contributed by atoms with van der Waals surface area (Å²) in [6.45, 7) is 4.55. The zero-order chi connectivity index (χ0) is 13.7. The van der Waals surface area contributed by atoms with Crippen molar-refractivity contribution in [1.82, 2.24) is 30.9 Å². The molecule has 100 valence electrons. The Hall–Kier alpha value is -2.51. The van der Waals surface area contributed by atoms with Gasteiger partial charge in [0.05, 0.1) is 11.6 Å². The number of pyridine rings is 1. The van der Waals surface area contributed by atoms with Crippen LogP contribution in [0.15, 0.2) is 18.3 Å². The Balaban J connectivity index is 1.99. The van der Waals surface area contributed by atoms with Crippen LogP contribution in [-0.4, -0.2) is 38.1 Å². The standard InChI is InChI=1S/C11H15N7O/c1-3-12-9-5-4-8(6-13-9)11(19)14-7(2)10-15-17-18-16-10/h4-7H,3H2,1-2H3,(H,12,13)(H,14,19)(H,15,16,17,18). The van der Waals surface area contributed by atoms with Crippen molar-refractivity contribution in [3.8, 4) is 0 Å². The lowest BCUT2D eigenvalue weighted by Gasteiger charge is -2.10. The van der Waals surface area contributed by atoms with Gasteiger partial charge in [-0.05, 0) is 26.0 Å². The average molecular weight is 261 g/mol. The fourth-order valence-electron chi connectivity index (χ4n) is 1.51. The number of nitrogens with one attached hydrogen (secondary N) is 3. The minimum Gasteiger partial charge on any atom is -0.370 e. The highest BCUT2D eigenvalue weighted by Crippen LogP contribution is 2.08. The second-order valence-electron chi connectivity index (χ2n) is 3.93. The zero-order valence-corrected chi connectivity index (χ0v) is 10.7. The van der Waals surface area contributed by atoms with Crippen LogP contribution in [0.5, 0.6) is 0 Å². The van der Waals surface area contributed by atoms with Crippen molar-refractivity contribution in [2.45, 2.75) is 19.9 Å². The van der Waals surface area contributed by atoms with Gasteiger partial charge in [-0.15, -0.1) is 10.2 Å². The van der Waals surface area contributed by atoms with Gasteiger partial charge in [0, 0.05) is 12.7 Å². The number of rotatable bonds is 5. The summed E-state index contributed by atoms with van der Waals surface area (Å²) in [7, 11) is 0. The van der Waals surface area contributed by atoms with Gasteiger partial charge in [0.25, 0.3) is 5.91 Å². The van der Waals surface area contributed by atoms with E-state index in [0.717, 1.165) is 12.4 Å². The van der Waals surface area contributed by atoms with Gasteiger partial charge in [0.1, 0.15) is 5.82 Å². The van der Waals surface area contributed by atoms with E-state index in [1.165, 1.54) is 6.20 Å². The molecule has 0 aliphatic rings. The molecule has 0 saturated carbocycles. The minimum absolute atomic E-state index is 0.229. The number of hydrogen-bond donors (Lipinski definition) is 3. The summed E-state index contributed by atoms with van der Waals surface area (Å²) < 4.78 is 0. The molecule has 0 radical (unpaired) electrons. The third kappa shape index (κ3) is 3.24. The van der Waals surface area contributed by atoms with Crippen LogP contribution in [0.1, 0.15) is 36.1 Å². The lowest BCUT2D eigenvalue weighted by molar-refractivity contribution is 0.0938. The summed E-state index contributed by atoms with van der Waals surface area (Å²) in [5, 5.41) is 19.2. The normalized spacial score (nSPS) is 11.9. The number of tetrazole rings is 1. The van der Waals surface area contributed by atoms with E-state index in [1.807, 2.05) is 6.92 Å². The third-order valence-corrected chi connectivity index (χ3v) is 2.48. The third-order valence-electron chi connectivity index (χ3n) is 2.48. The van der Waals surface area contributed by atoms with E-state index in [-0.39, 0.29) is 11.9 Å². The summed E-state index contributed by atoms with van der Waals surface area (Å²) in [6, 6.07) is 3.15. The first kappa shape index (κ1) is 12.9. The van der Waals surface area contributed by atoms with Gasteiger partial charge >= 0.3 is 0 Å². The number of aromatic amines is 1. The molecule has 0 aliphatic carbocycles. The van der Waals surface area contributed by atoms with Crippen molar-refractivity contribution in [2.24, 2.45) is 0 Å². The van der Waals surface area contributed by atoms with Crippen LogP contribution < -0.4 is 10.6 Å². The monoisotopic (exact) mass is 261 g/mol. The Kier molecular flexibility index (Phi) is 4.01. The number of anilines is 1. The van der Waals surface area contributed by atoms with Gasteiger partial charge in [-0.1, -0.05) is 5.21 Å². The Morgan fingerprint density at radius 2 is 2.32 bits per heavy atom. The molecule has 8 heteroatoms. The number of aromatic nitrogens is 5. The lowest BCUT2D eigenvalue weighted by atomic mass is 10.2. The van der Waals surface area contributed by atoms with E-state index < -0.39 is 0 Å². The van der Waals surface area contributed by atoms with Crippen molar-refractivity contribution < 1.29 is 4.79 Å². The second-order valence-corrected chi connectivity index (χ2v) is 3.93. The van der Waals surface area contributed by atoms with Crippen molar-refractivity contribution in [1.29, 1.82) is 0 Å². The Morgan fingerprint density at radius 3 is 2.89 bits per heavy atom. The molecule has 0 bridgehead atoms. The molecular formula is C11H15N7O. The van der Waals surface area contributed by atoms with Gasteiger partial charge < -0.3 is 10.6 Å². The molecular weight excluding hydrogens is 246 g/mol. The molecule has 0 spiro atoms. The van der Waals surface area contributed by atoms with Crippen LogP contribution in [0.3, 0.4) is 0 Å². The molecule has 2 aromatic heterocycles. The van der Waals surface area contributed by atoms with E-state index in [9.17, 15) is 4.79 Å². The van der Waals surface area contributed by atoms with Gasteiger partial charge in [0.15, 0.2) is 5.82 Å². The summed E-state index contributed by atoms with van der Waals surface area (Å²) in [5.74, 6) is 0.948. The van der Waals surface area contributed by atoms with E-state index in [1.54, 1.807) is 19.1 Å². The molecule has 1 atom stereocenters. The summed E-state index contributed by atoms with van der Waals surface area (Å²) in [5.41, 5.74) is 0.483. The van der Waals surface area contributed by atoms with Gasteiger partial charge in [-0.2, -0.15) is 5.21 Å². The highest BCUT2D eigenvalue weighted by molar-refractivity contribution is 5.94. The zero-order valence-electron chi connectivity index (χ0n) is 10.7. The molecule has 19 heavy (non-hydrogen) atoms. The molecule has 0 aromatic carbocycles. The van der Waals surface area contributed by atoms with Gasteiger partial charge in [-0.25, -0.2) is 4.98 Å². The first-order valence-corrected chi connectivity index (χ1v) is 5.95. The van der Waals surface area contributed by atoms with Gasteiger partial charge in [0.2, 0.25) is 0 Å². The maximum atomic E-state index is 12.0. The number of hydrogen-bond acceptors (Lipinski definition) is 6. The number of amides is 1. The van der Waals surface area contributed by atoms with Crippen molar-refractivity contribution in [2.75, 3.05) is 11.9 Å². The molecule has 2 rings (SSSR count). The molecule has 0 fully saturated rings. The first-order valence-electron chi connectivity index (χ1n) is 5.95. The van der Waals surface area contributed by atoms with Crippen LogP contribution in [0.4, 0.5) is 5.82 Å². The highest BCUT2D eigenvalue weighted by Gasteiger charge is 2.14. The Bertz CT molecular complexity index is 522. The van der Waals surface area contributed by atoms with E-state index in [2.05, 4.69) is 36.2 Å². The average Bonchev–Trinajstić information content (AvgIpc) is 2.94. The fraction of sp³-hybridized carbons (Fsp3) is 0.364. The van der Waals surface area contributed by atoms with E-state index >= 15 is 0 Å². The minimum atomic E-state index is -0.320. The smallest absolute Gasteiger partial charge is 0.253 e. The van der Waals surface area contributed by atoms with Gasteiger partial charge in [-0.3, -0.25) is 4.79 Å². The lowest BCUT2D eigenvalue weighted by Crippen LogP contribution is -2.27. The summed E-state index contributed by atoms with van der Waals surface area (Å²) in [6.07, 6.45) is 1.52. The molecule has 1 amide bonds. The summed E-state index contributed by atoms with van der Waals surface area (Å²) in [4.78, 5) is 16.1. The molecule has 2 aromatic rings. The SMILES string of the molecule is CCNc1ccc(C(=O)NC(C)c2nn[nH]n2)cn1. The van der Waals surface area contributed by atoms with Crippen molar-refractivity contribution in [3.63, 3.8) is 0 Å². The fourth-order valence-corrected chi connectivity index (χ4v) is 1.51. The molecule has 8 nitrogen and oxygen atoms in total. The predicted molar refractivity (Wildman–Crippen MR) is 68.5 cm³/mol. The molecule has 0 saturated heterocycles. The molecule has 2 heterocycles. The molecule has 1 unspecified atom stereocenters. The summed E-state index contributed by atoms with van der Waals surface area (Å²) >= 11 is 0. The Labute approximate surface area is 110 Å². The highest BCUT2D eigenvalue weighted by atomic mass is 16.1. The second kappa shape index (κ2) is 5.89. The van der Waals surface area contributed by atoms with Crippen molar-refractivity contribution in [3.05, 3.63) is 29.7 Å². The van der Waals surface area contributed by atoms with Crippen LogP contribution in [0.2, 0.25) is 0 Å². The number of nitrogens with zero attached hydrogens (tertiary/aromatic N) is 4. The molecule has 0 aliphatic heterocycles. The molecule has 3 N–H and O–H groups in total. The first-order chi connectivity index (χ1) is 9.20. The number of carbonyl (C=O) groups excluding carboxylic acids is 1. The van der Waals surface area contributed by atoms with Crippen LogP contribution >= 0.6 is 0 Å². The van der Waals surface area contributed by atoms with E-state index in [4.69, 9.17) is 0 Å². The quantitative estimate of drug-likeness (QED) is 0.724. The predicted octanol–water partition coefficient (Wildman–Crippen LogP) is 0.517. The number of carbonyl (C=O) groups is 1. The van der Waals surface area contributed by atoms with E-state index in [0.29, 0.717) is 11.4 Å². The van der Waals surface area contributed by atoms with Crippen molar-refractivity contribution >= 4 is 11.7 Å². The topological polar surface area (TPSA) is 108 Å². The Morgan fingerprint density at radius 1 is 1.47 bits per heavy atom. The van der Waals surface area contributed by atoms with Crippen LogP contribution in [-0.2, 0) is 0 Å². The largest absolute Gasteiger partial charge is 0.370 e. The van der Waals surface area contributed by atoms with Crippen LogP contribution in [0.25, 0.3) is 0 Å². The van der Waals surface area contributed by atoms with Crippen LogP contribution in [0, 0.1) is 0 Å². The number of H-pyrrole nitrogens is 1.